The first-order chi connectivity index (χ1) is 11.2. The van der Waals surface area contributed by atoms with Gasteiger partial charge in [-0.2, -0.15) is 5.21 Å². The molecule has 0 aliphatic carbocycles. The van der Waals surface area contributed by atoms with Crippen LogP contribution in [0, 0.1) is 5.82 Å². The molecule has 2 aromatic carbocycles. The molecular weight excluding hydrogens is 301 g/mol. The number of rotatable bonds is 4. The fourth-order valence-electron chi connectivity index (χ4n) is 2.03. The van der Waals surface area contributed by atoms with Crippen LogP contribution < -0.4 is 10.1 Å². The van der Waals surface area contributed by atoms with Gasteiger partial charge in [0.15, 0.2) is 0 Å². The van der Waals surface area contributed by atoms with Crippen molar-refractivity contribution in [1.29, 1.82) is 0 Å². The van der Waals surface area contributed by atoms with Crippen LogP contribution in [-0.2, 0) is 0 Å². The van der Waals surface area contributed by atoms with Gasteiger partial charge in [-0.1, -0.05) is 0 Å². The number of ether oxygens (including phenoxy) is 1. The number of aromatic nitrogens is 4. The molecule has 0 saturated heterocycles. The van der Waals surface area contributed by atoms with Crippen molar-refractivity contribution in [2.45, 2.75) is 0 Å². The van der Waals surface area contributed by atoms with E-state index < -0.39 is 5.82 Å². The van der Waals surface area contributed by atoms with Crippen LogP contribution in [0.3, 0.4) is 0 Å². The van der Waals surface area contributed by atoms with Crippen LogP contribution in [0.4, 0.5) is 10.1 Å². The lowest BCUT2D eigenvalue weighted by Gasteiger charge is -2.09. The quantitative estimate of drug-likeness (QED) is 0.770. The number of hydrogen-bond acceptors (Lipinski definition) is 5. The van der Waals surface area contributed by atoms with Crippen LogP contribution in [0.2, 0.25) is 0 Å². The molecule has 0 bridgehead atoms. The number of aromatic amines is 1. The molecule has 1 amide bonds. The maximum Gasteiger partial charge on any atom is 0.255 e. The third-order valence-electron chi connectivity index (χ3n) is 3.17. The van der Waals surface area contributed by atoms with E-state index in [9.17, 15) is 9.18 Å². The summed E-state index contributed by atoms with van der Waals surface area (Å²) in [6, 6.07) is 10.5. The summed E-state index contributed by atoms with van der Waals surface area (Å²) in [7, 11) is 1.54. The van der Waals surface area contributed by atoms with E-state index in [2.05, 4.69) is 25.9 Å². The van der Waals surface area contributed by atoms with Crippen molar-refractivity contribution in [2.75, 3.05) is 12.4 Å². The Bertz CT molecular complexity index is 818. The number of amides is 1. The van der Waals surface area contributed by atoms with Crippen molar-refractivity contribution in [2.24, 2.45) is 0 Å². The van der Waals surface area contributed by atoms with Gasteiger partial charge in [-0.25, -0.2) is 4.39 Å². The highest BCUT2D eigenvalue weighted by molar-refractivity contribution is 6.06. The first-order valence-corrected chi connectivity index (χ1v) is 6.66. The Morgan fingerprint density at radius 2 is 2.00 bits per heavy atom. The minimum atomic E-state index is -0.484. The standard InChI is InChI=1S/C15H12FN5O2/c1-23-11-5-2-9(3-6-11)15(22)17-13-8-10(16)4-7-12(13)14-18-20-21-19-14/h2-8H,1H3,(H,17,22)(H,18,19,20,21). The second-order valence-corrected chi connectivity index (χ2v) is 4.61. The maximum atomic E-state index is 13.5. The fraction of sp³-hybridized carbons (Fsp3) is 0.0667. The minimum absolute atomic E-state index is 0.257. The molecule has 0 aliphatic rings. The second-order valence-electron chi connectivity index (χ2n) is 4.61. The summed E-state index contributed by atoms with van der Waals surface area (Å²) in [5.41, 5.74) is 1.13. The smallest absolute Gasteiger partial charge is 0.255 e. The SMILES string of the molecule is COc1ccc(C(=O)Nc2cc(F)ccc2-c2nn[nH]n2)cc1. The summed E-state index contributed by atoms with van der Waals surface area (Å²) in [6.45, 7) is 0. The van der Waals surface area contributed by atoms with Crippen LogP contribution in [-0.4, -0.2) is 33.6 Å². The number of nitrogens with zero attached hydrogens (tertiary/aromatic N) is 3. The Morgan fingerprint density at radius 1 is 1.22 bits per heavy atom. The number of carbonyl (C=O) groups is 1. The Balaban J connectivity index is 1.89. The molecule has 0 fully saturated rings. The third kappa shape index (κ3) is 3.15. The van der Waals surface area contributed by atoms with Crippen LogP contribution in [0.15, 0.2) is 42.5 Å². The molecule has 2 N–H and O–H groups in total. The van der Waals surface area contributed by atoms with Crippen molar-refractivity contribution < 1.29 is 13.9 Å². The van der Waals surface area contributed by atoms with E-state index in [-0.39, 0.29) is 17.4 Å². The molecule has 23 heavy (non-hydrogen) atoms. The summed E-state index contributed by atoms with van der Waals surface area (Å²) < 4.78 is 18.6. The molecule has 1 aromatic heterocycles. The lowest BCUT2D eigenvalue weighted by atomic mass is 10.1. The van der Waals surface area contributed by atoms with Crippen LogP contribution in [0.5, 0.6) is 5.75 Å². The molecule has 116 valence electrons. The van der Waals surface area contributed by atoms with E-state index in [1.807, 2.05) is 0 Å². The number of carbonyl (C=O) groups excluding carboxylic acids is 1. The van der Waals surface area contributed by atoms with Crippen LogP contribution in [0.1, 0.15) is 10.4 Å². The number of anilines is 1. The molecule has 0 spiro atoms. The van der Waals surface area contributed by atoms with Gasteiger partial charge in [0.1, 0.15) is 11.6 Å². The molecule has 0 aliphatic heterocycles. The van der Waals surface area contributed by atoms with Crippen molar-refractivity contribution >= 4 is 11.6 Å². The zero-order valence-electron chi connectivity index (χ0n) is 12.1. The summed E-state index contributed by atoms with van der Waals surface area (Å²) in [4.78, 5) is 12.3. The van der Waals surface area contributed by atoms with Crippen LogP contribution >= 0.6 is 0 Å². The van der Waals surface area contributed by atoms with Crippen molar-refractivity contribution in [3.05, 3.63) is 53.8 Å². The molecule has 0 unspecified atom stereocenters. The van der Waals surface area contributed by atoms with E-state index >= 15 is 0 Å². The Labute approximate surface area is 130 Å². The molecule has 1 heterocycles. The highest BCUT2D eigenvalue weighted by Crippen LogP contribution is 2.26. The summed E-state index contributed by atoms with van der Waals surface area (Å²) in [6.07, 6.45) is 0. The predicted octanol–water partition coefficient (Wildman–Crippen LogP) is 2.27. The number of halogens is 1. The van der Waals surface area contributed by atoms with Gasteiger partial charge in [0, 0.05) is 11.1 Å². The number of methoxy groups -OCH3 is 1. The average Bonchev–Trinajstić information content (AvgIpc) is 3.09. The molecule has 3 rings (SSSR count). The van der Waals surface area contributed by atoms with E-state index in [0.29, 0.717) is 16.9 Å². The van der Waals surface area contributed by atoms with Gasteiger partial charge in [-0.3, -0.25) is 4.79 Å². The lowest BCUT2D eigenvalue weighted by molar-refractivity contribution is 0.102. The van der Waals surface area contributed by atoms with E-state index in [1.165, 1.54) is 18.2 Å². The number of hydrogen-bond donors (Lipinski definition) is 2. The average molecular weight is 313 g/mol. The largest absolute Gasteiger partial charge is 0.497 e. The second kappa shape index (κ2) is 6.22. The third-order valence-corrected chi connectivity index (χ3v) is 3.17. The van der Waals surface area contributed by atoms with Gasteiger partial charge >= 0.3 is 0 Å². The number of nitrogens with one attached hydrogen (secondary N) is 2. The Morgan fingerprint density at radius 3 is 2.65 bits per heavy atom. The summed E-state index contributed by atoms with van der Waals surface area (Å²) in [5, 5.41) is 16.1. The highest BCUT2D eigenvalue weighted by atomic mass is 19.1. The molecule has 0 atom stereocenters. The van der Waals surface area contributed by atoms with Crippen molar-refractivity contribution in [1.82, 2.24) is 20.6 Å². The first kappa shape index (κ1) is 14.6. The Kier molecular flexibility index (Phi) is 3.96. The number of benzene rings is 2. The van der Waals surface area contributed by atoms with Gasteiger partial charge < -0.3 is 10.1 Å². The molecule has 3 aromatic rings. The molecule has 7 nitrogen and oxygen atoms in total. The fourth-order valence-corrected chi connectivity index (χ4v) is 2.03. The van der Waals surface area contributed by atoms with Crippen molar-refractivity contribution in [3.8, 4) is 17.1 Å². The molecule has 0 radical (unpaired) electrons. The van der Waals surface area contributed by atoms with Gasteiger partial charge in [0.2, 0.25) is 5.82 Å². The zero-order chi connectivity index (χ0) is 16.2. The molecular formula is C15H12FN5O2. The maximum absolute atomic E-state index is 13.5. The van der Waals surface area contributed by atoms with Crippen molar-refractivity contribution in [3.63, 3.8) is 0 Å². The first-order valence-electron chi connectivity index (χ1n) is 6.66. The normalized spacial score (nSPS) is 10.3. The number of H-pyrrole nitrogens is 1. The van der Waals surface area contributed by atoms with Gasteiger partial charge in [0.25, 0.3) is 5.91 Å². The summed E-state index contributed by atoms with van der Waals surface area (Å²) >= 11 is 0. The van der Waals surface area contributed by atoms with Gasteiger partial charge in [0.05, 0.1) is 12.8 Å². The van der Waals surface area contributed by atoms with Gasteiger partial charge in [-0.15, -0.1) is 10.2 Å². The monoisotopic (exact) mass is 313 g/mol. The van der Waals surface area contributed by atoms with E-state index in [1.54, 1.807) is 31.4 Å². The van der Waals surface area contributed by atoms with Crippen LogP contribution in [0.25, 0.3) is 11.4 Å². The Hall–Kier alpha value is -3.29. The predicted molar refractivity (Wildman–Crippen MR) is 80.5 cm³/mol. The van der Waals surface area contributed by atoms with E-state index in [0.717, 1.165) is 0 Å². The minimum Gasteiger partial charge on any atom is -0.497 e. The van der Waals surface area contributed by atoms with Gasteiger partial charge in [-0.05, 0) is 47.7 Å². The number of tetrazole rings is 1. The zero-order valence-corrected chi connectivity index (χ0v) is 12.1. The lowest BCUT2D eigenvalue weighted by Crippen LogP contribution is -2.13. The highest BCUT2D eigenvalue weighted by Gasteiger charge is 2.14. The topological polar surface area (TPSA) is 92.8 Å². The summed E-state index contributed by atoms with van der Waals surface area (Å²) in [5.74, 6) is 0.0279. The van der Waals surface area contributed by atoms with E-state index in [4.69, 9.17) is 4.74 Å². The molecule has 0 saturated carbocycles. The molecule has 8 heteroatoms.